The molecule has 0 amide bonds. The van der Waals surface area contributed by atoms with Crippen molar-refractivity contribution >= 4 is 17.6 Å². The number of carbonyl (C=O) groups is 1. The van der Waals surface area contributed by atoms with Crippen LogP contribution >= 0.6 is 11.6 Å². The number of carboxylic acid groups (broad SMARTS) is 1. The van der Waals surface area contributed by atoms with Crippen LogP contribution in [0.15, 0.2) is 24.3 Å². The third-order valence-electron chi connectivity index (χ3n) is 2.53. The smallest absolute Gasteiger partial charge is 0.401 e. The highest BCUT2D eigenvalue weighted by Gasteiger charge is 2.62. The van der Waals surface area contributed by atoms with Gasteiger partial charge in [0.2, 0.25) is 0 Å². The molecule has 0 heterocycles. The van der Waals surface area contributed by atoms with Crippen molar-refractivity contribution in [2.45, 2.75) is 18.3 Å². The summed E-state index contributed by atoms with van der Waals surface area (Å²) in [5.41, 5.74) is -0.624. The zero-order chi connectivity index (χ0) is 15.7. The van der Waals surface area contributed by atoms with Gasteiger partial charge in [-0.2, -0.15) is 26.3 Å². The van der Waals surface area contributed by atoms with Gasteiger partial charge in [-0.25, -0.2) is 0 Å². The first-order valence-electron chi connectivity index (χ1n) is 5.06. The third-order valence-corrected chi connectivity index (χ3v) is 2.79. The predicted molar refractivity (Wildman–Crippen MR) is 57.4 cm³/mol. The van der Waals surface area contributed by atoms with Crippen LogP contribution in [0.5, 0.6) is 0 Å². The maximum Gasteiger partial charge on any atom is 0.401 e. The third kappa shape index (κ3) is 3.78. The van der Waals surface area contributed by atoms with E-state index in [2.05, 4.69) is 0 Å². The first kappa shape index (κ1) is 16.6. The molecule has 2 nitrogen and oxygen atoms in total. The largest absolute Gasteiger partial charge is 0.481 e. The van der Waals surface area contributed by atoms with E-state index in [-0.39, 0.29) is 5.02 Å². The minimum atomic E-state index is -5.74. The maximum absolute atomic E-state index is 12.6. The highest BCUT2D eigenvalue weighted by Crippen LogP contribution is 2.47. The van der Waals surface area contributed by atoms with E-state index in [0.717, 1.165) is 24.3 Å². The average Bonchev–Trinajstić information content (AvgIpc) is 2.23. The fourth-order valence-electron chi connectivity index (χ4n) is 1.71. The molecule has 1 rings (SSSR count). The highest BCUT2D eigenvalue weighted by atomic mass is 35.5. The summed E-state index contributed by atoms with van der Waals surface area (Å²) in [5, 5.41) is 8.82. The number of carboxylic acids is 1. The van der Waals surface area contributed by atoms with E-state index < -0.39 is 35.7 Å². The molecule has 112 valence electrons. The molecule has 0 aliphatic carbocycles. The molecule has 0 aliphatic heterocycles. The summed E-state index contributed by atoms with van der Waals surface area (Å²) in [5.74, 6) is -8.99. The van der Waals surface area contributed by atoms with Crippen molar-refractivity contribution in [3.8, 4) is 0 Å². The molecule has 0 bridgehead atoms. The van der Waals surface area contributed by atoms with E-state index in [1.807, 2.05) is 0 Å². The molecule has 0 aliphatic rings. The molecule has 1 aromatic carbocycles. The lowest BCUT2D eigenvalue weighted by Gasteiger charge is -2.28. The Morgan fingerprint density at radius 1 is 1.00 bits per heavy atom. The summed E-state index contributed by atoms with van der Waals surface area (Å²) >= 11 is 5.46. The molecule has 1 N–H and O–H groups in total. The number of alkyl halides is 6. The molecule has 0 aromatic heterocycles. The van der Waals surface area contributed by atoms with E-state index in [4.69, 9.17) is 16.7 Å². The maximum atomic E-state index is 12.6. The van der Waals surface area contributed by atoms with E-state index in [0.29, 0.717) is 0 Å². The summed E-state index contributed by atoms with van der Waals surface area (Å²) in [6, 6.07) is 3.70. The molecular weight excluding hydrogens is 314 g/mol. The molecule has 1 aromatic rings. The lowest BCUT2D eigenvalue weighted by Crippen LogP contribution is -2.43. The number of rotatable bonds is 3. The zero-order valence-electron chi connectivity index (χ0n) is 9.47. The fourth-order valence-corrected chi connectivity index (χ4v) is 1.84. The van der Waals surface area contributed by atoms with Crippen LogP contribution in [-0.4, -0.2) is 23.4 Å². The second-order valence-electron chi connectivity index (χ2n) is 3.93. The lowest BCUT2D eigenvalue weighted by atomic mass is 9.85. The number of aliphatic carboxylic acids is 1. The Balaban J connectivity index is 3.37. The summed E-state index contributed by atoms with van der Waals surface area (Å²) in [7, 11) is 0. The fraction of sp³-hybridized carbons (Fsp3) is 0.364. The van der Waals surface area contributed by atoms with Gasteiger partial charge in [-0.1, -0.05) is 23.7 Å². The molecule has 0 spiro atoms. The molecule has 20 heavy (non-hydrogen) atoms. The number of benzene rings is 1. The van der Waals surface area contributed by atoms with Crippen LogP contribution in [0, 0.1) is 5.92 Å². The van der Waals surface area contributed by atoms with E-state index >= 15 is 0 Å². The Labute approximate surface area is 114 Å². The summed E-state index contributed by atoms with van der Waals surface area (Å²) < 4.78 is 75.5. The van der Waals surface area contributed by atoms with Crippen molar-refractivity contribution in [3.05, 3.63) is 34.9 Å². The van der Waals surface area contributed by atoms with Gasteiger partial charge in [0.1, 0.15) is 5.92 Å². The number of halogens is 7. The van der Waals surface area contributed by atoms with Gasteiger partial charge >= 0.3 is 18.3 Å². The molecule has 1 unspecified atom stereocenters. The molecule has 9 heteroatoms. The van der Waals surface area contributed by atoms with Gasteiger partial charge < -0.3 is 5.11 Å². The van der Waals surface area contributed by atoms with Crippen molar-refractivity contribution in [3.63, 3.8) is 0 Å². The van der Waals surface area contributed by atoms with Crippen LogP contribution < -0.4 is 0 Å². The lowest BCUT2D eigenvalue weighted by molar-refractivity contribution is -0.290. The van der Waals surface area contributed by atoms with Gasteiger partial charge in [-0.05, 0) is 17.7 Å². The Hall–Kier alpha value is -1.44. The summed E-state index contributed by atoms with van der Waals surface area (Å²) in [6.45, 7) is 0. The van der Waals surface area contributed by atoms with Crippen LogP contribution in [0.4, 0.5) is 26.3 Å². The normalized spacial score (nSPS) is 14.4. The van der Waals surface area contributed by atoms with E-state index in [1.54, 1.807) is 0 Å². The second-order valence-corrected chi connectivity index (χ2v) is 4.36. The summed E-state index contributed by atoms with van der Waals surface area (Å²) in [4.78, 5) is 10.9. The Bertz CT molecular complexity index is 465. The minimum absolute atomic E-state index is 0.0634. The molecule has 0 saturated heterocycles. The van der Waals surface area contributed by atoms with Crippen LogP contribution in [0.25, 0.3) is 0 Å². The van der Waals surface area contributed by atoms with Gasteiger partial charge in [0.05, 0.1) is 0 Å². The average molecular weight is 321 g/mol. The van der Waals surface area contributed by atoms with Gasteiger partial charge in [-0.3, -0.25) is 4.79 Å². The van der Waals surface area contributed by atoms with E-state index in [9.17, 15) is 31.1 Å². The van der Waals surface area contributed by atoms with Crippen molar-refractivity contribution in [1.29, 1.82) is 0 Å². The SMILES string of the molecule is O=C(O)C(c1ccc(Cl)cc1)C(C(F)(F)F)C(F)(F)F. The summed E-state index contributed by atoms with van der Waals surface area (Å²) in [6.07, 6.45) is -11.5. The van der Waals surface area contributed by atoms with Crippen molar-refractivity contribution in [1.82, 2.24) is 0 Å². The monoisotopic (exact) mass is 320 g/mol. The van der Waals surface area contributed by atoms with E-state index in [1.165, 1.54) is 0 Å². The molecule has 0 radical (unpaired) electrons. The Morgan fingerprint density at radius 2 is 1.40 bits per heavy atom. The van der Waals surface area contributed by atoms with Gasteiger partial charge in [0.25, 0.3) is 0 Å². The van der Waals surface area contributed by atoms with Crippen LogP contribution in [0.3, 0.4) is 0 Å². The topological polar surface area (TPSA) is 37.3 Å². The first-order valence-corrected chi connectivity index (χ1v) is 5.44. The highest BCUT2D eigenvalue weighted by molar-refractivity contribution is 6.30. The minimum Gasteiger partial charge on any atom is -0.481 e. The zero-order valence-corrected chi connectivity index (χ0v) is 10.2. The van der Waals surface area contributed by atoms with Crippen molar-refractivity contribution in [2.24, 2.45) is 5.92 Å². The quantitative estimate of drug-likeness (QED) is 0.845. The number of hydrogen-bond acceptors (Lipinski definition) is 1. The van der Waals surface area contributed by atoms with Crippen LogP contribution in [-0.2, 0) is 4.79 Å². The van der Waals surface area contributed by atoms with Crippen molar-refractivity contribution in [2.75, 3.05) is 0 Å². The van der Waals surface area contributed by atoms with Crippen LogP contribution in [0.2, 0.25) is 5.02 Å². The standard InChI is InChI=1S/C11H7ClF6O2/c12-6-3-1-5(2-4-6)7(9(19)20)8(10(13,14)15)11(16,17)18/h1-4,7-8H,(H,19,20). The molecular formula is C11H7ClF6O2. The second kappa shape index (κ2) is 5.51. The molecule has 0 fully saturated rings. The van der Waals surface area contributed by atoms with Gasteiger partial charge in [0, 0.05) is 5.02 Å². The predicted octanol–water partition coefficient (Wildman–Crippen LogP) is 4.25. The van der Waals surface area contributed by atoms with Gasteiger partial charge in [0.15, 0.2) is 5.92 Å². The van der Waals surface area contributed by atoms with Gasteiger partial charge in [-0.15, -0.1) is 0 Å². The Kier molecular flexibility index (Phi) is 4.58. The van der Waals surface area contributed by atoms with Crippen molar-refractivity contribution < 1.29 is 36.2 Å². The Morgan fingerprint density at radius 3 is 1.70 bits per heavy atom. The molecule has 1 atom stereocenters. The first-order chi connectivity index (χ1) is 8.94. The molecule has 0 saturated carbocycles. The number of hydrogen-bond donors (Lipinski definition) is 1. The van der Waals surface area contributed by atoms with Crippen LogP contribution in [0.1, 0.15) is 11.5 Å².